The minimum Gasteiger partial charge on any atom is -0.394 e. The van der Waals surface area contributed by atoms with Crippen molar-refractivity contribution in [2.75, 3.05) is 11.9 Å². The van der Waals surface area contributed by atoms with E-state index in [9.17, 15) is 4.79 Å². The SMILES string of the molecule is CCc1csc(NC(=O)NC(C)(C)CO)n1. The van der Waals surface area contributed by atoms with Crippen LogP contribution in [0, 0.1) is 0 Å². The molecule has 0 aliphatic rings. The molecule has 0 spiro atoms. The molecule has 0 atom stereocenters. The molecule has 1 aromatic heterocycles. The first-order valence-corrected chi connectivity index (χ1v) is 5.99. The van der Waals surface area contributed by atoms with E-state index in [1.807, 2.05) is 12.3 Å². The molecular weight excluding hydrogens is 226 g/mol. The van der Waals surface area contributed by atoms with Crippen LogP contribution in [0.2, 0.25) is 0 Å². The maximum absolute atomic E-state index is 11.5. The number of urea groups is 1. The van der Waals surface area contributed by atoms with Crippen LogP contribution in [0.3, 0.4) is 0 Å². The fourth-order valence-electron chi connectivity index (χ4n) is 1.00. The molecule has 0 saturated carbocycles. The Bertz CT molecular complexity index is 363. The summed E-state index contributed by atoms with van der Waals surface area (Å²) in [5.41, 5.74) is 0.330. The predicted molar refractivity (Wildman–Crippen MR) is 64.8 cm³/mol. The van der Waals surface area contributed by atoms with Crippen LogP contribution in [0.4, 0.5) is 9.93 Å². The third kappa shape index (κ3) is 3.79. The zero-order valence-corrected chi connectivity index (χ0v) is 10.5. The van der Waals surface area contributed by atoms with Crippen molar-refractivity contribution in [3.63, 3.8) is 0 Å². The van der Waals surface area contributed by atoms with Crippen molar-refractivity contribution in [1.82, 2.24) is 10.3 Å². The number of rotatable bonds is 4. The third-order valence-corrected chi connectivity index (χ3v) is 2.79. The van der Waals surface area contributed by atoms with Gasteiger partial charge < -0.3 is 10.4 Å². The summed E-state index contributed by atoms with van der Waals surface area (Å²) in [6.07, 6.45) is 0.849. The summed E-state index contributed by atoms with van der Waals surface area (Å²) in [5, 5.41) is 16.8. The van der Waals surface area contributed by atoms with Gasteiger partial charge in [-0.2, -0.15) is 0 Å². The van der Waals surface area contributed by atoms with Crippen molar-refractivity contribution in [1.29, 1.82) is 0 Å². The third-order valence-electron chi connectivity index (χ3n) is 1.98. The Morgan fingerprint density at radius 2 is 2.31 bits per heavy atom. The molecule has 0 bridgehead atoms. The smallest absolute Gasteiger partial charge is 0.321 e. The number of aryl methyl sites for hydroxylation is 1. The van der Waals surface area contributed by atoms with Crippen LogP contribution < -0.4 is 10.6 Å². The van der Waals surface area contributed by atoms with Gasteiger partial charge in [0.25, 0.3) is 0 Å². The van der Waals surface area contributed by atoms with Crippen LogP contribution in [0.25, 0.3) is 0 Å². The zero-order valence-electron chi connectivity index (χ0n) is 9.70. The van der Waals surface area contributed by atoms with Crippen LogP contribution in [0.1, 0.15) is 26.5 Å². The van der Waals surface area contributed by atoms with Crippen molar-refractivity contribution >= 4 is 22.5 Å². The van der Waals surface area contributed by atoms with Crippen LogP contribution >= 0.6 is 11.3 Å². The molecule has 5 nitrogen and oxygen atoms in total. The number of hydrogen-bond donors (Lipinski definition) is 3. The largest absolute Gasteiger partial charge is 0.394 e. The molecule has 2 amide bonds. The maximum Gasteiger partial charge on any atom is 0.321 e. The first-order valence-electron chi connectivity index (χ1n) is 5.11. The molecule has 6 heteroatoms. The molecule has 16 heavy (non-hydrogen) atoms. The number of thiazole rings is 1. The van der Waals surface area contributed by atoms with Crippen LogP contribution in [-0.2, 0) is 6.42 Å². The highest BCUT2D eigenvalue weighted by atomic mass is 32.1. The Balaban J connectivity index is 2.51. The van der Waals surface area contributed by atoms with E-state index in [-0.39, 0.29) is 12.6 Å². The average Bonchev–Trinajstić information content (AvgIpc) is 2.64. The van der Waals surface area contributed by atoms with Gasteiger partial charge >= 0.3 is 6.03 Å². The normalized spacial score (nSPS) is 11.2. The van der Waals surface area contributed by atoms with Crippen molar-refractivity contribution in [2.45, 2.75) is 32.7 Å². The molecule has 1 rings (SSSR count). The van der Waals surface area contributed by atoms with Gasteiger partial charge in [-0.1, -0.05) is 6.92 Å². The number of nitrogens with zero attached hydrogens (tertiary/aromatic N) is 1. The van der Waals surface area contributed by atoms with Gasteiger partial charge in [-0.3, -0.25) is 5.32 Å². The molecular formula is C10H17N3O2S. The summed E-state index contributed by atoms with van der Waals surface area (Å²) in [5.74, 6) is 0. The van der Waals surface area contributed by atoms with Gasteiger partial charge in [-0.15, -0.1) is 11.3 Å². The highest BCUT2D eigenvalue weighted by Crippen LogP contribution is 2.15. The summed E-state index contributed by atoms with van der Waals surface area (Å²) < 4.78 is 0. The fraction of sp³-hybridized carbons (Fsp3) is 0.600. The second-order valence-corrected chi connectivity index (χ2v) is 4.98. The summed E-state index contributed by atoms with van der Waals surface area (Å²) in [4.78, 5) is 15.7. The minimum atomic E-state index is -0.630. The van der Waals surface area contributed by atoms with Gasteiger partial charge in [-0.05, 0) is 20.3 Å². The number of nitrogens with one attached hydrogen (secondary N) is 2. The molecule has 90 valence electrons. The van der Waals surface area contributed by atoms with E-state index in [4.69, 9.17) is 5.11 Å². The fourth-order valence-corrected chi connectivity index (χ4v) is 1.79. The van der Waals surface area contributed by atoms with Gasteiger partial charge in [0.1, 0.15) is 0 Å². The molecule has 0 unspecified atom stereocenters. The molecule has 0 radical (unpaired) electrons. The zero-order chi connectivity index (χ0) is 12.2. The summed E-state index contributed by atoms with van der Waals surface area (Å²) in [6.45, 7) is 5.38. The molecule has 1 aromatic rings. The number of amides is 2. The Labute approximate surface area is 98.9 Å². The van der Waals surface area contributed by atoms with E-state index in [1.165, 1.54) is 11.3 Å². The van der Waals surface area contributed by atoms with E-state index >= 15 is 0 Å². The van der Waals surface area contributed by atoms with E-state index in [0.29, 0.717) is 5.13 Å². The molecule has 0 aliphatic heterocycles. The number of carbonyl (C=O) groups is 1. The van der Waals surface area contributed by atoms with E-state index < -0.39 is 5.54 Å². The van der Waals surface area contributed by atoms with Crippen LogP contribution in [0.15, 0.2) is 5.38 Å². The van der Waals surface area contributed by atoms with Crippen molar-refractivity contribution in [2.24, 2.45) is 0 Å². The van der Waals surface area contributed by atoms with Gasteiger partial charge in [0.05, 0.1) is 17.8 Å². The lowest BCUT2D eigenvalue weighted by Gasteiger charge is -2.23. The van der Waals surface area contributed by atoms with E-state index in [0.717, 1.165) is 12.1 Å². The Hall–Kier alpha value is -1.14. The highest BCUT2D eigenvalue weighted by Gasteiger charge is 2.19. The summed E-state index contributed by atoms with van der Waals surface area (Å²) >= 11 is 1.39. The lowest BCUT2D eigenvalue weighted by atomic mass is 10.1. The summed E-state index contributed by atoms with van der Waals surface area (Å²) in [6, 6.07) is -0.351. The number of aromatic nitrogens is 1. The quantitative estimate of drug-likeness (QED) is 0.752. The first-order chi connectivity index (χ1) is 7.46. The average molecular weight is 243 g/mol. The van der Waals surface area contributed by atoms with Gasteiger partial charge in [0.15, 0.2) is 5.13 Å². The summed E-state index contributed by atoms with van der Waals surface area (Å²) in [7, 11) is 0. The first kappa shape index (κ1) is 12.9. The van der Waals surface area contributed by atoms with Crippen molar-refractivity contribution < 1.29 is 9.90 Å². The molecule has 1 heterocycles. The van der Waals surface area contributed by atoms with Gasteiger partial charge in [-0.25, -0.2) is 9.78 Å². The Kier molecular flexibility index (Phi) is 4.26. The molecule has 0 saturated heterocycles. The molecule has 0 aliphatic carbocycles. The Morgan fingerprint density at radius 1 is 1.62 bits per heavy atom. The van der Waals surface area contributed by atoms with Crippen molar-refractivity contribution in [3.05, 3.63) is 11.1 Å². The maximum atomic E-state index is 11.5. The molecule has 3 N–H and O–H groups in total. The molecule has 0 aromatic carbocycles. The van der Waals surface area contributed by atoms with Crippen molar-refractivity contribution in [3.8, 4) is 0 Å². The van der Waals surface area contributed by atoms with Crippen LogP contribution in [0.5, 0.6) is 0 Å². The Morgan fingerprint density at radius 3 is 2.81 bits per heavy atom. The topological polar surface area (TPSA) is 74.2 Å². The predicted octanol–water partition coefficient (Wildman–Crippen LogP) is 1.60. The lowest BCUT2D eigenvalue weighted by molar-refractivity contribution is 0.187. The number of aliphatic hydroxyl groups excluding tert-OH is 1. The van der Waals surface area contributed by atoms with Crippen LogP contribution in [-0.4, -0.2) is 28.3 Å². The number of aliphatic hydroxyl groups is 1. The standard InChI is InChI=1S/C10H17N3O2S/c1-4-7-5-16-9(11-7)12-8(15)13-10(2,3)6-14/h5,14H,4,6H2,1-3H3,(H2,11,12,13,15). The number of carbonyl (C=O) groups excluding carboxylic acids is 1. The second kappa shape index (κ2) is 5.27. The lowest BCUT2D eigenvalue weighted by Crippen LogP contribution is -2.48. The minimum absolute atomic E-state index is 0.113. The van der Waals surface area contributed by atoms with E-state index in [1.54, 1.807) is 13.8 Å². The monoisotopic (exact) mass is 243 g/mol. The highest BCUT2D eigenvalue weighted by molar-refractivity contribution is 7.13. The second-order valence-electron chi connectivity index (χ2n) is 4.12. The van der Waals surface area contributed by atoms with E-state index in [2.05, 4.69) is 15.6 Å². The number of anilines is 1. The van der Waals surface area contributed by atoms with Gasteiger partial charge in [0, 0.05) is 5.38 Å². The van der Waals surface area contributed by atoms with Gasteiger partial charge in [0.2, 0.25) is 0 Å². The number of hydrogen-bond acceptors (Lipinski definition) is 4. The molecule has 0 fully saturated rings.